The van der Waals surface area contributed by atoms with Crippen molar-refractivity contribution in [3.05, 3.63) is 29.3 Å². The summed E-state index contributed by atoms with van der Waals surface area (Å²) >= 11 is 0. The van der Waals surface area contributed by atoms with Crippen LogP contribution in [0.25, 0.3) is 0 Å². The van der Waals surface area contributed by atoms with Gasteiger partial charge < -0.3 is 16.2 Å². The third-order valence-corrected chi connectivity index (χ3v) is 2.87. The van der Waals surface area contributed by atoms with Gasteiger partial charge in [-0.3, -0.25) is 4.79 Å². The number of amides is 1. The fraction of sp³-hybridized carbons (Fsp3) is 0.462. The highest BCUT2D eigenvalue weighted by atomic mass is 16.5. The Morgan fingerprint density at radius 2 is 2.06 bits per heavy atom. The van der Waals surface area contributed by atoms with Crippen LogP contribution < -0.4 is 16.2 Å². The molecular weight excluding hydrogens is 216 g/mol. The standard InChI is InChI=1S/C13H20N2O2/c1-8(2)9-4-5-12(17-3)10(6-9)11(7-14)13(15)16/h4-6,8,11H,7,14H2,1-3H3,(H2,15,16). The second-order valence-electron chi connectivity index (χ2n) is 4.35. The van der Waals surface area contributed by atoms with E-state index in [2.05, 4.69) is 13.8 Å². The zero-order valence-electron chi connectivity index (χ0n) is 10.6. The van der Waals surface area contributed by atoms with E-state index in [1.165, 1.54) is 0 Å². The molecule has 1 unspecified atom stereocenters. The zero-order valence-corrected chi connectivity index (χ0v) is 10.6. The van der Waals surface area contributed by atoms with Gasteiger partial charge >= 0.3 is 0 Å². The molecule has 4 N–H and O–H groups in total. The summed E-state index contributed by atoms with van der Waals surface area (Å²) in [5.41, 5.74) is 12.9. The van der Waals surface area contributed by atoms with Crippen LogP contribution >= 0.6 is 0 Å². The molecule has 1 aromatic rings. The first-order valence-electron chi connectivity index (χ1n) is 5.68. The van der Waals surface area contributed by atoms with Crippen molar-refractivity contribution >= 4 is 5.91 Å². The van der Waals surface area contributed by atoms with Crippen LogP contribution in [0.2, 0.25) is 0 Å². The summed E-state index contributed by atoms with van der Waals surface area (Å²) in [6.45, 7) is 4.37. The minimum absolute atomic E-state index is 0.188. The van der Waals surface area contributed by atoms with Crippen LogP contribution in [0.1, 0.15) is 36.8 Å². The van der Waals surface area contributed by atoms with E-state index in [9.17, 15) is 4.79 Å². The Kier molecular flexibility index (Phi) is 4.52. The van der Waals surface area contributed by atoms with Gasteiger partial charge in [-0.15, -0.1) is 0 Å². The molecule has 0 aliphatic heterocycles. The molecule has 0 saturated heterocycles. The predicted molar refractivity (Wildman–Crippen MR) is 68.1 cm³/mol. The Balaban J connectivity index is 3.26. The first-order valence-corrected chi connectivity index (χ1v) is 5.68. The van der Waals surface area contributed by atoms with Gasteiger partial charge in [-0.1, -0.05) is 26.0 Å². The van der Waals surface area contributed by atoms with Crippen molar-refractivity contribution in [2.45, 2.75) is 25.7 Å². The average Bonchev–Trinajstić information content (AvgIpc) is 2.29. The molecule has 0 fully saturated rings. The molecule has 0 bridgehead atoms. The average molecular weight is 236 g/mol. The first-order chi connectivity index (χ1) is 8.01. The lowest BCUT2D eigenvalue weighted by Crippen LogP contribution is -2.28. The Hall–Kier alpha value is -1.55. The molecule has 0 aromatic heterocycles. The van der Waals surface area contributed by atoms with Crippen molar-refractivity contribution in [1.82, 2.24) is 0 Å². The second-order valence-corrected chi connectivity index (χ2v) is 4.35. The van der Waals surface area contributed by atoms with E-state index in [4.69, 9.17) is 16.2 Å². The zero-order chi connectivity index (χ0) is 13.0. The van der Waals surface area contributed by atoms with Gasteiger partial charge in [-0.2, -0.15) is 0 Å². The summed E-state index contributed by atoms with van der Waals surface area (Å²) in [5, 5.41) is 0. The molecule has 1 atom stereocenters. The molecule has 0 saturated carbocycles. The Labute approximate surface area is 102 Å². The van der Waals surface area contributed by atoms with Crippen molar-refractivity contribution < 1.29 is 9.53 Å². The van der Waals surface area contributed by atoms with Crippen LogP contribution in [0.3, 0.4) is 0 Å². The molecule has 4 nitrogen and oxygen atoms in total. The fourth-order valence-electron chi connectivity index (χ4n) is 1.78. The number of rotatable bonds is 5. The second kappa shape index (κ2) is 5.68. The van der Waals surface area contributed by atoms with Gasteiger partial charge in [-0.25, -0.2) is 0 Å². The van der Waals surface area contributed by atoms with Gasteiger partial charge in [0.25, 0.3) is 0 Å². The summed E-state index contributed by atoms with van der Waals surface area (Å²) in [4.78, 5) is 11.4. The van der Waals surface area contributed by atoms with Gasteiger partial charge in [0.1, 0.15) is 5.75 Å². The van der Waals surface area contributed by atoms with Crippen molar-refractivity contribution in [2.75, 3.05) is 13.7 Å². The van der Waals surface area contributed by atoms with E-state index in [0.717, 1.165) is 11.1 Å². The third-order valence-electron chi connectivity index (χ3n) is 2.87. The highest BCUT2D eigenvalue weighted by molar-refractivity contribution is 5.83. The molecule has 4 heteroatoms. The number of primary amides is 1. The Morgan fingerprint density at radius 1 is 1.41 bits per heavy atom. The number of ether oxygens (including phenoxy) is 1. The number of methoxy groups -OCH3 is 1. The number of benzene rings is 1. The number of hydrogen-bond donors (Lipinski definition) is 2. The summed E-state index contributed by atoms with van der Waals surface area (Å²) in [7, 11) is 1.57. The maximum atomic E-state index is 11.4. The van der Waals surface area contributed by atoms with Crippen molar-refractivity contribution in [3.63, 3.8) is 0 Å². The van der Waals surface area contributed by atoms with Gasteiger partial charge in [0.2, 0.25) is 5.91 Å². The van der Waals surface area contributed by atoms with Crippen LogP contribution in [0, 0.1) is 0 Å². The molecular formula is C13H20N2O2. The monoisotopic (exact) mass is 236 g/mol. The first kappa shape index (κ1) is 13.5. The normalized spacial score (nSPS) is 12.5. The van der Waals surface area contributed by atoms with Crippen LogP contribution in [0.5, 0.6) is 5.75 Å². The predicted octanol–water partition coefficient (Wildman–Crippen LogP) is 1.35. The van der Waals surface area contributed by atoms with Gasteiger partial charge in [0.15, 0.2) is 0 Å². The lowest BCUT2D eigenvalue weighted by molar-refractivity contribution is -0.119. The Morgan fingerprint density at radius 3 is 2.47 bits per heavy atom. The van der Waals surface area contributed by atoms with Crippen LogP contribution in [-0.4, -0.2) is 19.6 Å². The van der Waals surface area contributed by atoms with E-state index in [0.29, 0.717) is 11.7 Å². The molecule has 94 valence electrons. The van der Waals surface area contributed by atoms with E-state index >= 15 is 0 Å². The smallest absolute Gasteiger partial charge is 0.226 e. The number of nitrogens with two attached hydrogens (primary N) is 2. The van der Waals surface area contributed by atoms with E-state index in [-0.39, 0.29) is 6.54 Å². The topological polar surface area (TPSA) is 78.3 Å². The Bertz CT molecular complexity index is 402. The van der Waals surface area contributed by atoms with Gasteiger partial charge in [-0.05, 0) is 17.5 Å². The lowest BCUT2D eigenvalue weighted by atomic mass is 9.92. The van der Waals surface area contributed by atoms with Gasteiger partial charge in [0, 0.05) is 12.1 Å². The van der Waals surface area contributed by atoms with Crippen LogP contribution in [0.15, 0.2) is 18.2 Å². The van der Waals surface area contributed by atoms with Crippen molar-refractivity contribution in [1.29, 1.82) is 0 Å². The lowest BCUT2D eigenvalue weighted by Gasteiger charge is -2.17. The molecule has 17 heavy (non-hydrogen) atoms. The summed E-state index contributed by atoms with van der Waals surface area (Å²) in [6, 6.07) is 5.80. The number of carbonyl (C=O) groups is 1. The summed E-state index contributed by atoms with van der Waals surface area (Å²) in [5.74, 6) is 0.116. The molecule has 1 aromatic carbocycles. The number of hydrogen-bond acceptors (Lipinski definition) is 3. The molecule has 0 aliphatic rings. The summed E-state index contributed by atoms with van der Waals surface area (Å²) in [6.07, 6.45) is 0. The molecule has 0 radical (unpaired) electrons. The minimum Gasteiger partial charge on any atom is -0.496 e. The van der Waals surface area contributed by atoms with E-state index in [1.54, 1.807) is 7.11 Å². The summed E-state index contributed by atoms with van der Waals surface area (Å²) < 4.78 is 5.25. The van der Waals surface area contributed by atoms with Crippen molar-refractivity contribution in [3.8, 4) is 5.75 Å². The highest BCUT2D eigenvalue weighted by Crippen LogP contribution is 2.29. The molecule has 1 amide bonds. The van der Waals surface area contributed by atoms with Crippen LogP contribution in [-0.2, 0) is 4.79 Å². The molecule has 1 rings (SSSR count). The third kappa shape index (κ3) is 2.97. The highest BCUT2D eigenvalue weighted by Gasteiger charge is 2.20. The van der Waals surface area contributed by atoms with Crippen molar-refractivity contribution in [2.24, 2.45) is 11.5 Å². The van der Waals surface area contributed by atoms with E-state index < -0.39 is 11.8 Å². The molecule has 0 spiro atoms. The quantitative estimate of drug-likeness (QED) is 0.810. The number of carbonyl (C=O) groups excluding carboxylic acids is 1. The largest absolute Gasteiger partial charge is 0.496 e. The van der Waals surface area contributed by atoms with Gasteiger partial charge in [0.05, 0.1) is 13.0 Å². The molecule has 0 aliphatic carbocycles. The minimum atomic E-state index is -0.497. The molecule has 0 heterocycles. The fourth-order valence-corrected chi connectivity index (χ4v) is 1.78. The van der Waals surface area contributed by atoms with Crippen LogP contribution in [0.4, 0.5) is 0 Å². The maximum absolute atomic E-state index is 11.4. The SMILES string of the molecule is COc1ccc(C(C)C)cc1C(CN)C(N)=O. The maximum Gasteiger partial charge on any atom is 0.226 e. The van der Waals surface area contributed by atoms with E-state index in [1.807, 2.05) is 18.2 Å².